The van der Waals surface area contributed by atoms with Crippen LogP contribution in [0.1, 0.15) is 12.8 Å². The van der Waals surface area contributed by atoms with Crippen LogP contribution in [0.25, 0.3) is 0 Å². The Hall–Kier alpha value is -2.32. The van der Waals surface area contributed by atoms with Crippen molar-refractivity contribution in [3.05, 3.63) is 0 Å². The quantitative estimate of drug-likeness (QED) is 0.455. The highest BCUT2D eigenvalue weighted by molar-refractivity contribution is 5.86. The van der Waals surface area contributed by atoms with Crippen molar-refractivity contribution in [2.24, 2.45) is 0 Å². The van der Waals surface area contributed by atoms with E-state index in [9.17, 15) is 19.2 Å². The van der Waals surface area contributed by atoms with Gasteiger partial charge in [-0.15, -0.1) is 0 Å². The molecule has 0 radical (unpaired) electrons. The molecule has 108 valence electrons. The molecule has 0 unspecified atom stereocenters. The second kappa shape index (κ2) is 7.90. The van der Waals surface area contributed by atoms with E-state index in [1.807, 2.05) is 5.32 Å². The summed E-state index contributed by atoms with van der Waals surface area (Å²) >= 11 is 0. The molecular formula is C10H17N3O6. The van der Waals surface area contributed by atoms with Gasteiger partial charge in [0.1, 0.15) is 6.04 Å². The first-order valence-corrected chi connectivity index (χ1v) is 5.43. The van der Waals surface area contributed by atoms with Crippen LogP contribution >= 0.6 is 0 Å². The number of carbonyl (C=O) groups is 4. The average molecular weight is 275 g/mol. The van der Waals surface area contributed by atoms with Crippen LogP contribution in [0.5, 0.6) is 0 Å². The Morgan fingerprint density at radius 2 is 1.74 bits per heavy atom. The van der Waals surface area contributed by atoms with Crippen LogP contribution in [0.4, 0.5) is 4.79 Å². The Morgan fingerprint density at radius 1 is 1.16 bits per heavy atom. The van der Waals surface area contributed by atoms with Crippen LogP contribution in [-0.2, 0) is 14.4 Å². The standard InChI is InChI=1S/C10H17N3O6/c1-13(2)7(14)3-4-11-10(19)12-6(9(17)18)5-8(15)16/h6H,3-5H2,1-2H3,(H,15,16)(H,17,18)(H2,11,12,19)/t6-/m1/s1. The normalized spacial score (nSPS) is 11.3. The number of amides is 3. The van der Waals surface area contributed by atoms with E-state index in [0.29, 0.717) is 0 Å². The lowest BCUT2D eigenvalue weighted by molar-refractivity contribution is -0.145. The number of carbonyl (C=O) groups excluding carboxylic acids is 2. The van der Waals surface area contributed by atoms with Crippen molar-refractivity contribution in [3.8, 4) is 0 Å². The maximum Gasteiger partial charge on any atom is 0.326 e. The number of nitrogens with zero attached hydrogens (tertiary/aromatic N) is 1. The van der Waals surface area contributed by atoms with Crippen LogP contribution < -0.4 is 10.6 Å². The summed E-state index contributed by atoms with van der Waals surface area (Å²) in [6.07, 6.45) is -0.656. The van der Waals surface area contributed by atoms with Gasteiger partial charge in [0.15, 0.2) is 0 Å². The monoisotopic (exact) mass is 275 g/mol. The number of carboxylic acid groups (broad SMARTS) is 2. The number of rotatable bonds is 7. The molecular weight excluding hydrogens is 258 g/mol. The van der Waals surface area contributed by atoms with E-state index in [1.54, 1.807) is 14.1 Å². The zero-order valence-corrected chi connectivity index (χ0v) is 10.7. The minimum absolute atomic E-state index is 0.0300. The Labute approximate surface area is 109 Å². The first kappa shape index (κ1) is 16.7. The van der Waals surface area contributed by atoms with Gasteiger partial charge in [-0.2, -0.15) is 0 Å². The molecule has 0 saturated carbocycles. The number of nitrogens with one attached hydrogen (secondary N) is 2. The van der Waals surface area contributed by atoms with Gasteiger partial charge >= 0.3 is 18.0 Å². The van der Waals surface area contributed by atoms with Gasteiger partial charge in [0.2, 0.25) is 5.91 Å². The molecule has 0 rings (SSSR count). The van der Waals surface area contributed by atoms with E-state index < -0.39 is 30.4 Å². The minimum atomic E-state index is -1.51. The summed E-state index contributed by atoms with van der Waals surface area (Å²) in [5.41, 5.74) is 0. The van der Waals surface area contributed by atoms with Gasteiger partial charge in [-0.3, -0.25) is 9.59 Å². The largest absolute Gasteiger partial charge is 0.481 e. The Morgan fingerprint density at radius 3 is 2.16 bits per heavy atom. The Balaban J connectivity index is 4.10. The fourth-order valence-corrected chi connectivity index (χ4v) is 1.09. The maximum absolute atomic E-state index is 11.3. The third-order valence-electron chi connectivity index (χ3n) is 2.11. The molecule has 19 heavy (non-hydrogen) atoms. The molecule has 9 heteroatoms. The molecule has 0 heterocycles. The molecule has 4 N–H and O–H groups in total. The Bertz CT molecular complexity index is 368. The highest BCUT2D eigenvalue weighted by Gasteiger charge is 2.22. The van der Waals surface area contributed by atoms with Crippen molar-refractivity contribution in [2.45, 2.75) is 18.9 Å². The van der Waals surface area contributed by atoms with Crippen LogP contribution in [0.2, 0.25) is 0 Å². The SMILES string of the molecule is CN(C)C(=O)CCNC(=O)N[C@H](CC(=O)O)C(=O)O. The molecule has 0 aromatic rings. The fourth-order valence-electron chi connectivity index (χ4n) is 1.09. The van der Waals surface area contributed by atoms with Gasteiger partial charge in [-0.05, 0) is 0 Å². The van der Waals surface area contributed by atoms with Crippen molar-refractivity contribution < 1.29 is 29.4 Å². The van der Waals surface area contributed by atoms with E-state index >= 15 is 0 Å². The highest BCUT2D eigenvalue weighted by atomic mass is 16.4. The third kappa shape index (κ3) is 7.58. The number of urea groups is 1. The van der Waals surface area contributed by atoms with Gasteiger partial charge in [0.25, 0.3) is 0 Å². The van der Waals surface area contributed by atoms with Crippen LogP contribution in [-0.4, -0.2) is 65.7 Å². The zero-order chi connectivity index (χ0) is 15.0. The first-order chi connectivity index (χ1) is 8.73. The summed E-state index contributed by atoms with van der Waals surface area (Å²) in [5.74, 6) is -2.97. The summed E-state index contributed by atoms with van der Waals surface area (Å²) in [7, 11) is 3.13. The lowest BCUT2D eigenvalue weighted by atomic mass is 10.2. The molecule has 3 amide bonds. The molecule has 0 aromatic heterocycles. The third-order valence-corrected chi connectivity index (χ3v) is 2.11. The smallest absolute Gasteiger partial charge is 0.326 e. The fraction of sp³-hybridized carbons (Fsp3) is 0.600. The predicted octanol–water partition coefficient (Wildman–Crippen LogP) is -1.31. The van der Waals surface area contributed by atoms with E-state index in [1.165, 1.54) is 4.90 Å². The highest BCUT2D eigenvalue weighted by Crippen LogP contribution is 1.93. The number of carboxylic acids is 2. The molecule has 0 aliphatic heterocycles. The topological polar surface area (TPSA) is 136 Å². The van der Waals surface area contributed by atoms with Gasteiger partial charge in [0, 0.05) is 27.1 Å². The summed E-state index contributed by atoms with van der Waals surface area (Å²) in [4.78, 5) is 44.9. The van der Waals surface area contributed by atoms with Gasteiger partial charge < -0.3 is 25.7 Å². The molecule has 0 saturated heterocycles. The van der Waals surface area contributed by atoms with Crippen LogP contribution in [0, 0.1) is 0 Å². The minimum Gasteiger partial charge on any atom is -0.481 e. The molecule has 0 aliphatic rings. The second-order valence-corrected chi connectivity index (χ2v) is 3.93. The van der Waals surface area contributed by atoms with Crippen molar-refractivity contribution >= 4 is 23.9 Å². The molecule has 1 atom stereocenters. The predicted molar refractivity (Wildman–Crippen MR) is 63.5 cm³/mol. The molecule has 9 nitrogen and oxygen atoms in total. The van der Waals surface area contributed by atoms with Crippen LogP contribution in [0.15, 0.2) is 0 Å². The van der Waals surface area contributed by atoms with Gasteiger partial charge in [-0.1, -0.05) is 0 Å². The number of aliphatic carboxylic acids is 2. The first-order valence-electron chi connectivity index (χ1n) is 5.43. The molecule has 0 aromatic carbocycles. The number of hydrogen-bond acceptors (Lipinski definition) is 4. The number of hydrogen-bond donors (Lipinski definition) is 4. The van der Waals surface area contributed by atoms with Crippen molar-refractivity contribution in [3.63, 3.8) is 0 Å². The van der Waals surface area contributed by atoms with Gasteiger partial charge in [-0.25, -0.2) is 9.59 Å². The van der Waals surface area contributed by atoms with E-state index in [4.69, 9.17) is 10.2 Å². The zero-order valence-electron chi connectivity index (χ0n) is 10.7. The van der Waals surface area contributed by atoms with E-state index in [0.717, 1.165) is 0 Å². The van der Waals surface area contributed by atoms with Gasteiger partial charge in [0.05, 0.1) is 6.42 Å². The van der Waals surface area contributed by atoms with Crippen molar-refractivity contribution in [2.75, 3.05) is 20.6 Å². The molecule has 0 aliphatic carbocycles. The van der Waals surface area contributed by atoms with Crippen molar-refractivity contribution in [1.82, 2.24) is 15.5 Å². The lowest BCUT2D eigenvalue weighted by Crippen LogP contribution is -2.47. The molecule has 0 spiro atoms. The second-order valence-electron chi connectivity index (χ2n) is 3.93. The summed E-state index contributed by atoms with van der Waals surface area (Å²) in [6.45, 7) is 0.0300. The average Bonchev–Trinajstić information content (AvgIpc) is 2.26. The summed E-state index contributed by atoms with van der Waals surface area (Å²) in [5, 5.41) is 21.4. The molecule has 0 fully saturated rings. The summed E-state index contributed by atoms with van der Waals surface area (Å²) < 4.78 is 0. The molecule has 0 bridgehead atoms. The summed E-state index contributed by atoms with van der Waals surface area (Å²) in [6, 6.07) is -2.35. The van der Waals surface area contributed by atoms with E-state index in [2.05, 4.69) is 5.32 Å². The van der Waals surface area contributed by atoms with E-state index in [-0.39, 0.29) is 18.9 Å². The van der Waals surface area contributed by atoms with Crippen LogP contribution in [0.3, 0.4) is 0 Å². The lowest BCUT2D eigenvalue weighted by Gasteiger charge is -2.14. The Kier molecular flexibility index (Phi) is 6.94. The van der Waals surface area contributed by atoms with Crippen molar-refractivity contribution in [1.29, 1.82) is 0 Å². The maximum atomic E-state index is 11.3.